The maximum Gasteiger partial charge on any atom is 0.433 e. The van der Waals surface area contributed by atoms with Crippen molar-refractivity contribution in [1.82, 2.24) is 19.7 Å². The Morgan fingerprint density at radius 3 is 1.97 bits per heavy atom. The Balaban J connectivity index is 1.81. The molecule has 0 bridgehead atoms. The van der Waals surface area contributed by atoms with Gasteiger partial charge in [-0.2, -0.15) is 23.0 Å². The lowest BCUT2D eigenvalue weighted by molar-refractivity contribution is -0.141. The Bertz CT molecular complexity index is 1570. The molecule has 2 heterocycles. The number of benzene rings is 3. The third-order valence-corrected chi connectivity index (χ3v) is 6.63. The van der Waals surface area contributed by atoms with Crippen molar-refractivity contribution in [3.8, 4) is 39.7 Å². The monoisotopic (exact) mass is 632 g/mol. The molecule has 36 heavy (non-hydrogen) atoms. The van der Waals surface area contributed by atoms with Gasteiger partial charge < -0.3 is 0 Å². The van der Waals surface area contributed by atoms with Gasteiger partial charge in [0.05, 0.1) is 16.4 Å². The molecule has 180 valence electrons. The summed E-state index contributed by atoms with van der Waals surface area (Å²) in [5, 5.41) is 4.87. The van der Waals surface area contributed by atoms with E-state index in [4.69, 9.17) is 11.6 Å². The fraction of sp³-hybridized carbons (Fsp3) is 0.0385. The summed E-state index contributed by atoms with van der Waals surface area (Å²) in [6.45, 7) is 0. The van der Waals surface area contributed by atoms with Gasteiger partial charge in [0.2, 0.25) is 0 Å². The molecule has 0 atom stereocenters. The van der Waals surface area contributed by atoms with E-state index >= 15 is 0 Å². The highest BCUT2D eigenvalue weighted by Crippen LogP contribution is 2.39. The number of hydrogen-bond donors (Lipinski definition) is 0. The second-order valence-electron chi connectivity index (χ2n) is 7.75. The van der Waals surface area contributed by atoms with Crippen LogP contribution in [0.1, 0.15) is 5.69 Å². The van der Waals surface area contributed by atoms with E-state index in [1.165, 1.54) is 4.68 Å². The zero-order valence-corrected chi connectivity index (χ0v) is 22.1. The van der Waals surface area contributed by atoms with E-state index in [1.54, 1.807) is 48.5 Å². The Morgan fingerprint density at radius 1 is 0.722 bits per heavy atom. The highest BCUT2D eigenvalue weighted by Gasteiger charge is 2.34. The lowest BCUT2D eigenvalue weighted by Crippen LogP contribution is -2.14. The summed E-state index contributed by atoms with van der Waals surface area (Å²) < 4.78 is 44.5. The predicted molar refractivity (Wildman–Crippen MR) is 141 cm³/mol. The molecule has 0 N–H and O–H groups in total. The van der Waals surface area contributed by atoms with Gasteiger partial charge in [0.15, 0.2) is 5.69 Å². The summed E-state index contributed by atoms with van der Waals surface area (Å²) in [6.07, 6.45) is -4.69. The minimum Gasteiger partial charge on any atom is -0.211 e. The molecule has 0 aliphatic rings. The first kappa shape index (κ1) is 24.7. The first-order chi connectivity index (χ1) is 17.2. The molecule has 0 radical (unpaired) electrons. The van der Waals surface area contributed by atoms with Gasteiger partial charge in [0.1, 0.15) is 5.69 Å². The molecule has 2 aromatic heterocycles. The Hall–Kier alpha value is -3.01. The van der Waals surface area contributed by atoms with Crippen molar-refractivity contribution in [2.24, 2.45) is 0 Å². The molecule has 10 heteroatoms. The number of hydrogen-bond acceptors (Lipinski definition) is 3. The SMILES string of the molecule is FC(F)(F)c1cc(-c2ccccc2)nc(-n2nc(-c3cccc(Br)c3)c(Cl)c2-c2cccc(Br)c2)n1. The van der Waals surface area contributed by atoms with E-state index in [2.05, 4.69) is 46.9 Å². The van der Waals surface area contributed by atoms with Crippen LogP contribution in [0.15, 0.2) is 93.9 Å². The molecule has 0 fully saturated rings. The molecule has 0 saturated carbocycles. The van der Waals surface area contributed by atoms with E-state index in [-0.39, 0.29) is 16.7 Å². The number of alkyl halides is 3. The fourth-order valence-corrected chi connectivity index (χ4v) is 4.81. The highest BCUT2D eigenvalue weighted by atomic mass is 79.9. The molecular weight excluding hydrogens is 621 g/mol. The molecule has 0 aliphatic carbocycles. The van der Waals surface area contributed by atoms with Crippen LogP contribution in [0.4, 0.5) is 13.2 Å². The van der Waals surface area contributed by atoms with Crippen LogP contribution in [0.3, 0.4) is 0 Å². The van der Waals surface area contributed by atoms with Crippen molar-refractivity contribution < 1.29 is 13.2 Å². The maximum absolute atomic E-state index is 13.9. The van der Waals surface area contributed by atoms with Gasteiger partial charge in [-0.25, -0.2) is 9.97 Å². The summed E-state index contributed by atoms with van der Waals surface area (Å²) in [6, 6.07) is 24.1. The van der Waals surface area contributed by atoms with Gasteiger partial charge in [0, 0.05) is 25.6 Å². The minimum absolute atomic E-state index is 0.115. The molecule has 0 aliphatic heterocycles. The van der Waals surface area contributed by atoms with Crippen LogP contribution in [0.2, 0.25) is 5.02 Å². The lowest BCUT2D eigenvalue weighted by atomic mass is 10.1. The zero-order valence-electron chi connectivity index (χ0n) is 18.1. The van der Waals surface area contributed by atoms with E-state index in [0.29, 0.717) is 28.1 Å². The molecule has 5 rings (SSSR count). The molecule has 4 nitrogen and oxygen atoms in total. The van der Waals surface area contributed by atoms with Gasteiger partial charge in [-0.05, 0) is 30.3 Å². The van der Waals surface area contributed by atoms with Crippen LogP contribution in [0.5, 0.6) is 0 Å². The summed E-state index contributed by atoms with van der Waals surface area (Å²) in [5.41, 5.74) is 1.61. The fourth-order valence-electron chi connectivity index (χ4n) is 3.68. The molecular formula is C26H14Br2ClF3N4. The van der Waals surface area contributed by atoms with Crippen molar-refractivity contribution in [3.05, 3.63) is 105 Å². The van der Waals surface area contributed by atoms with Crippen LogP contribution in [-0.4, -0.2) is 19.7 Å². The van der Waals surface area contributed by atoms with Crippen LogP contribution in [0, 0.1) is 0 Å². The summed E-state index contributed by atoms with van der Waals surface area (Å²) in [5.74, 6) is -0.248. The smallest absolute Gasteiger partial charge is 0.211 e. The Labute approximate surface area is 226 Å². The summed E-state index contributed by atoms with van der Waals surface area (Å²) >= 11 is 13.7. The summed E-state index contributed by atoms with van der Waals surface area (Å²) in [7, 11) is 0. The van der Waals surface area contributed by atoms with Gasteiger partial charge in [-0.1, -0.05) is 98.1 Å². The van der Waals surface area contributed by atoms with Crippen molar-refractivity contribution in [3.63, 3.8) is 0 Å². The largest absolute Gasteiger partial charge is 0.433 e. The van der Waals surface area contributed by atoms with Crippen molar-refractivity contribution in [2.45, 2.75) is 6.18 Å². The van der Waals surface area contributed by atoms with Gasteiger partial charge in [-0.3, -0.25) is 0 Å². The maximum atomic E-state index is 13.9. The molecule has 0 unspecified atom stereocenters. The van der Waals surface area contributed by atoms with E-state index in [0.717, 1.165) is 15.0 Å². The first-order valence-corrected chi connectivity index (χ1v) is 12.5. The van der Waals surface area contributed by atoms with E-state index in [9.17, 15) is 13.2 Å². The first-order valence-electron chi connectivity index (χ1n) is 10.5. The quantitative estimate of drug-likeness (QED) is 0.198. The third-order valence-electron chi connectivity index (χ3n) is 5.29. The molecule has 0 amide bonds. The number of rotatable bonds is 4. The third kappa shape index (κ3) is 4.96. The lowest BCUT2D eigenvalue weighted by Gasteiger charge is -2.12. The normalized spacial score (nSPS) is 11.6. The second-order valence-corrected chi connectivity index (χ2v) is 9.96. The van der Waals surface area contributed by atoms with E-state index in [1.807, 2.05) is 30.3 Å². The standard InChI is InChI=1S/C26H14Br2ClF3N4/c27-18-10-4-8-16(12-18)23-22(29)24(17-9-5-11-19(28)13-17)36(35-23)25-33-20(15-6-2-1-3-7-15)14-21(34-25)26(30,31)32/h1-14H. The van der Waals surface area contributed by atoms with Gasteiger partial charge in [-0.15, -0.1) is 0 Å². The van der Waals surface area contributed by atoms with Crippen LogP contribution in [0.25, 0.3) is 39.7 Å². The number of halogens is 6. The second kappa shape index (κ2) is 9.80. The van der Waals surface area contributed by atoms with Gasteiger partial charge >= 0.3 is 6.18 Å². The molecule has 0 spiro atoms. The molecule has 3 aromatic carbocycles. The number of nitrogens with zero attached hydrogens (tertiary/aromatic N) is 4. The van der Waals surface area contributed by atoms with Crippen LogP contribution >= 0.6 is 43.5 Å². The van der Waals surface area contributed by atoms with E-state index < -0.39 is 11.9 Å². The molecule has 0 saturated heterocycles. The highest BCUT2D eigenvalue weighted by molar-refractivity contribution is 9.10. The Morgan fingerprint density at radius 2 is 1.33 bits per heavy atom. The van der Waals surface area contributed by atoms with Crippen molar-refractivity contribution >= 4 is 43.5 Å². The zero-order chi connectivity index (χ0) is 25.4. The average molecular weight is 635 g/mol. The van der Waals surface area contributed by atoms with Gasteiger partial charge in [0.25, 0.3) is 5.95 Å². The van der Waals surface area contributed by atoms with Crippen molar-refractivity contribution in [1.29, 1.82) is 0 Å². The van der Waals surface area contributed by atoms with Crippen molar-refractivity contribution in [2.75, 3.05) is 0 Å². The topological polar surface area (TPSA) is 43.6 Å². The van der Waals surface area contributed by atoms with Crippen LogP contribution in [-0.2, 0) is 6.18 Å². The summed E-state index contributed by atoms with van der Waals surface area (Å²) in [4.78, 5) is 8.33. The molecule has 5 aromatic rings. The Kier molecular flexibility index (Phi) is 6.72. The average Bonchev–Trinajstić information content (AvgIpc) is 3.21. The predicted octanol–water partition coefficient (Wildman–Crippen LogP) is 8.86. The van der Waals surface area contributed by atoms with Crippen LogP contribution < -0.4 is 0 Å². The minimum atomic E-state index is -4.69. The number of aromatic nitrogens is 4.